The van der Waals surface area contributed by atoms with Crippen LogP contribution < -0.4 is 0 Å². The third-order valence-corrected chi connectivity index (χ3v) is 3.06. The molecule has 0 aromatic heterocycles. The lowest BCUT2D eigenvalue weighted by molar-refractivity contribution is 0.272. The van der Waals surface area contributed by atoms with E-state index in [1.54, 1.807) is 0 Å². The first-order valence-corrected chi connectivity index (χ1v) is 5.38. The molecule has 0 radical (unpaired) electrons. The summed E-state index contributed by atoms with van der Waals surface area (Å²) in [6.07, 6.45) is 1.00. The normalized spacial score (nSPS) is 12.9. The molecular weight excluding hydrogens is 228 g/mol. The van der Waals surface area contributed by atoms with Crippen LogP contribution in [-0.2, 0) is 6.42 Å². The summed E-state index contributed by atoms with van der Waals surface area (Å²) in [5.74, 6) is 0.229. The van der Waals surface area contributed by atoms with Gasteiger partial charge in [0.25, 0.3) is 0 Å². The van der Waals surface area contributed by atoms with Gasteiger partial charge in [0.15, 0.2) is 0 Å². The summed E-state index contributed by atoms with van der Waals surface area (Å²) in [6.45, 7) is 4.39. The molecule has 0 bridgehead atoms. The van der Waals surface area contributed by atoms with E-state index in [4.69, 9.17) is 5.11 Å². The van der Waals surface area contributed by atoms with Gasteiger partial charge in [0.2, 0.25) is 0 Å². The topological polar surface area (TPSA) is 20.2 Å². The Morgan fingerprint density at radius 3 is 2.69 bits per heavy atom. The molecule has 1 N–H and O–H groups in total. The fraction of sp³-hybridized carbons (Fsp3) is 0.455. The Bertz CT molecular complexity index is 283. The summed E-state index contributed by atoms with van der Waals surface area (Å²) in [5.41, 5.74) is 2.56. The van der Waals surface area contributed by atoms with E-state index in [1.807, 2.05) is 19.1 Å². The third-order valence-electron chi connectivity index (χ3n) is 2.31. The van der Waals surface area contributed by atoms with Crippen LogP contribution >= 0.6 is 15.9 Å². The summed E-state index contributed by atoms with van der Waals surface area (Å²) in [4.78, 5) is 0. The number of rotatable bonds is 3. The van der Waals surface area contributed by atoms with Crippen molar-refractivity contribution in [2.24, 2.45) is 0 Å². The van der Waals surface area contributed by atoms with Gasteiger partial charge in [-0.2, -0.15) is 0 Å². The molecule has 1 nitrogen and oxygen atoms in total. The van der Waals surface area contributed by atoms with Gasteiger partial charge in [0.1, 0.15) is 0 Å². The lowest BCUT2D eigenvalue weighted by Gasteiger charge is -2.14. The van der Waals surface area contributed by atoms with Crippen LogP contribution in [0.4, 0.5) is 0 Å². The SMILES string of the molecule is CCc1c(Br)cccc1C(C)CO. The van der Waals surface area contributed by atoms with Crippen molar-refractivity contribution in [2.45, 2.75) is 26.2 Å². The predicted octanol–water partition coefficient (Wildman–Crippen LogP) is 3.11. The zero-order valence-electron chi connectivity index (χ0n) is 8.05. The quantitative estimate of drug-likeness (QED) is 0.864. The molecule has 1 unspecified atom stereocenters. The largest absolute Gasteiger partial charge is 0.396 e. The molecule has 1 rings (SSSR count). The van der Waals surface area contributed by atoms with Crippen LogP contribution in [-0.4, -0.2) is 11.7 Å². The van der Waals surface area contributed by atoms with Gasteiger partial charge < -0.3 is 5.11 Å². The first kappa shape index (κ1) is 10.7. The smallest absolute Gasteiger partial charge is 0.0497 e. The minimum atomic E-state index is 0.212. The number of aliphatic hydroxyl groups excluding tert-OH is 1. The highest BCUT2D eigenvalue weighted by molar-refractivity contribution is 9.10. The van der Waals surface area contributed by atoms with Crippen molar-refractivity contribution in [1.82, 2.24) is 0 Å². The number of hydrogen-bond donors (Lipinski definition) is 1. The summed E-state index contributed by atoms with van der Waals surface area (Å²) in [7, 11) is 0. The lowest BCUT2D eigenvalue weighted by Crippen LogP contribution is -2.03. The molecular formula is C11H15BrO. The number of halogens is 1. The van der Waals surface area contributed by atoms with E-state index in [0.717, 1.165) is 10.9 Å². The molecule has 0 fully saturated rings. The average Bonchev–Trinajstić information content (AvgIpc) is 2.16. The zero-order valence-corrected chi connectivity index (χ0v) is 9.63. The van der Waals surface area contributed by atoms with E-state index >= 15 is 0 Å². The maximum absolute atomic E-state index is 9.08. The Labute approximate surface area is 87.9 Å². The van der Waals surface area contributed by atoms with Crippen LogP contribution in [0.2, 0.25) is 0 Å². The second kappa shape index (κ2) is 4.77. The van der Waals surface area contributed by atoms with Crippen molar-refractivity contribution in [1.29, 1.82) is 0 Å². The summed E-state index contributed by atoms with van der Waals surface area (Å²) in [6, 6.07) is 6.15. The van der Waals surface area contributed by atoms with Crippen LogP contribution in [0.3, 0.4) is 0 Å². The lowest BCUT2D eigenvalue weighted by atomic mass is 9.95. The van der Waals surface area contributed by atoms with Gasteiger partial charge in [-0.05, 0) is 23.6 Å². The maximum Gasteiger partial charge on any atom is 0.0497 e. The molecule has 1 aromatic carbocycles. The first-order chi connectivity index (χ1) is 6.20. The second-order valence-electron chi connectivity index (χ2n) is 3.24. The van der Waals surface area contributed by atoms with Crippen molar-refractivity contribution >= 4 is 15.9 Å². The Kier molecular flexibility index (Phi) is 3.94. The van der Waals surface area contributed by atoms with E-state index in [0.29, 0.717) is 0 Å². The van der Waals surface area contributed by atoms with Gasteiger partial charge in [0, 0.05) is 17.0 Å². The number of aliphatic hydroxyl groups is 1. The molecule has 2 heteroatoms. The molecule has 0 saturated heterocycles. The van der Waals surface area contributed by atoms with Crippen LogP contribution in [0.1, 0.15) is 30.9 Å². The van der Waals surface area contributed by atoms with Crippen molar-refractivity contribution in [2.75, 3.05) is 6.61 Å². The van der Waals surface area contributed by atoms with Gasteiger partial charge in [-0.25, -0.2) is 0 Å². The Balaban J connectivity index is 3.12. The average molecular weight is 243 g/mol. The summed E-state index contributed by atoms with van der Waals surface area (Å²) in [5, 5.41) is 9.08. The summed E-state index contributed by atoms with van der Waals surface area (Å²) < 4.78 is 1.15. The molecule has 0 spiro atoms. The molecule has 1 atom stereocenters. The van der Waals surface area contributed by atoms with E-state index in [2.05, 4.69) is 28.9 Å². The van der Waals surface area contributed by atoms with Gasteiger partial charge in [-0.1, -0.05) is 41.9 Å². The molecule has 0 heterocycles. The van der Waals surface area contributed by atoms with Crippen LogP contribution in [0.5, 0.6) is 0 Å². The standard InChI is InChI=1S/C11H15BrO/c1-3-9-10(8(2)7-13)5-4-6-11(9)12/h4-6,8,13H,3,7H2,1-2H3. The molecule has 72 valence electrons. The van der Waals surface area contributed by atoms with Crippen LogP contribution in [0.15, 0.2) is 22.7 Å². The predicted molar refractivity (Wildman–Crippen MR) is 59.0 cm³/mol. The summed E-state index contributed by atoms with van der Waals surface area (Å²) >= 11 is 3.52. The van der Waals surface area contributed by atoms with Crippen LogP contribution in [0, 0.1) is 0 Å². The highest BCUT2D eigenvalue weighted by Crippen LogP contribution is 2.26. The Morgan fingerprint density at radius 2 is 2.15 bits per heavy atom. The third kappa shape index (κ3) is 2.32. The molecule has 0 aliphatic carbocycles. The number of hydrogen-bond acceptors (Lipinski definition) is 1. The molecule has 0 aliphatic rings. The highest BCUT2D eigenvalue weighted by Gasteiger charge is 2.10. The van der Waals surface area contributed by atoms with Crippen molar-refractivity contribution in [3.8, 4) is 0 Å². The maximum atomic E-state index is 9.08. The van der Waals surface area contributed by atoms with Crippen LogP contribution in [0.25, 0.3) is 0 Å². The first-order valence-electron chi connectivity index (χ1n) is 4.58. The molecule has 0 saturated carbocycles. The van der Waals surface area contributed by atoms with Gasteiger partial charge in [-0.3, -0.25) is 0 Å². The molecule has 0 aliphatic heterocycles. The van der Waals surface area contributed by atoms with E-state index < -0.39 is 0 Å². The van der Waals surface area contributed by atoms with E-state index in [1.165, 1.54) is 11.1 Å². The Morgan fingerprint density at radius 1 is 1.46 bits per heavy atom. The fourth-order valence-corrected chi connectivity index (χ4v) is 2.17. The molecule has 0 amide bonds. The highest BCUT2D eigenvalue weighted by atomic mass is 79.9. The van der Waals surface area contributed by atoms with Gasteiger partial charge in [0.05, 0.1) is 0 Å². The van der Waals surface area contributed by atoms with E-state index in [9.17, 15) is 0 Å². The van der Waals surface area contributed by atoms with Crippen molar-refractivity contribution in [3.05, 3.63) is 33.8 Å². The van der Waals surface area contributed by atoms with Crippen molar-refractivity contribution < 1.29 is 5.11 Å². The Hall–Kier alpha value is -0.340. The fourth-order valence-electron chi connectivity index (χ4n) is 1.51. The molecule has 1 aromatic rings. The minimum Gasteiger partial charge on any atom is -0.396 e. The van der Waals surface area contributed by atoms with Crippen molar-refractivity contribution in [3.63, 3.8) is 0 Å². The zero-order chi connectivity index (χ0) is 9.84. The van der Waals surface area contributed by atoms with Gasteiger partial charge >= 0.3 is 0 Å². The number of benzene rings is 1. The monoisotopic (exact) mass is 242 g/mol. The molecule has 13 heavy (non-hydrogen) atoms. The van der Waals surface area contributed by atoms with Gasteiger partial charge in [-0.15, -0.1) is 0 Å². The minimum absolute atomic E-state index is 0.212. The second-order valence-corrected chi connectivity index (χ2v) is 4.10. The van der Waals surface area contributed by atoms with E-state index in [-0.39, 0.29) is 12.5 Å².